The van der Waals surface area contributed by atoms with Gasteiger partial charge in [-0.2, -0.15) is 0 Å². The lowest BCUT2D eigenvalue weighted by molar-refractivity contribution is 0.335. The van der Waals surface area contributed by atoms with Crippen LogP contribution in [0.25, 0.3) is 0 Å². The molecule has 7 heteroatoms. The van der Waals surface area contributed by atoms with Gasteiger partial charge in [0.15, 0.2) is 0 Å². The fraction of sp³-hybridized carbons (Fsp3) is 0.500. The summed E-state index contributed by atoms with van der Waals surface area (Å²) in [4.78, 5) is 5.11. The van der Waals surface area contributed by atoms with Crippen molar-refractivity contribution in [3.05, 3.63) is 54.1 Å². The zero-order valence-corrected chi connectivity index (χ0v) is 20.1. The van der Waals surface area contributed by atoms with Crippen LogP contribution < -0.4 is 9.62 Å². The minimum Gasteiger partial charge on any atom is -0.369 e. The van der Waals surface area contributed by atoms with E-state index >= 15 is 0 Å². The summed E-state index contributed by atoms with van der Waals surface area (Å²) in [6.07, 6.45) is 4.66. The summed E-state index contributed by atoms with van der Waals surface area (Å²) < 4.78 is 28.7. The van der Waals surface area contributed by atoms with Crippen molar-refractivity contribution in [3.8, 4) is 0 Å². The van der Waals surface area contributed by atoms with Crippen LogP contribution in [0.1, 0.15) is 51.0 Å². The zero-order valence-electron chi connectivity index (χ0n) is 18.5. The van der Waals surface area contributed by atoms with Gasteiger partial charge in [-0.3, -0.25) is 4.72 Å². The maximum absolute atomic E-state index is 13.0. The molecule has 0 amide bonds. The number of benzene rings is 2. The third-order valence-corrected chi connectivity index (χ3v) is 7.84. The predicted octanol–water partition coefficient (Wildman–Crippen LogP) is 5.10. The normalized spacial score (nSPS) is 21.8. The third kappa shape index (κ3) is 5.54. The molecule has 170 valence electrons. The Labute approximate surface area is 193 Å². The van der Waals surface area contributed by atoms with Gasteiger partial charge in [0.1, 0.15) is 0 Å². The van der Waals surface area contributed by atoms with Crippen LogP contribution in [0.15, 0.2) is 53.4 Å². The molecule has 0 spiro atoms. The van der Waals surface area contributed by atoms with Crippen LogP contribution in [0, 0.1) is 0 Å². The van der Waals surface area contributed by atoms with E-state index in [0.29, 0.717) is 22.5 Å². The Hall–Kier alpha value is -1.76. The van der Waals surface area contributed by atoms with Gasteiger partial charge in [-0.05, 0) is 87.5 Å². The first-order valence-electron chi connectivity index (χ1n) is 11.2. The van der Waals surface area contributed by atoms with Gasteiger partial charge in [0.25, 0.3) is 10.0 Å². The number of nitrogens with zero attached hydrogens (tertiary/aromatic N) is 2. The van der Waals surface area contributed by atoms with Crippen molar-refractivity contribution in [3.63, 3.8) is 0 Å². The first-order valence-corrected chi connectivity index (χ1v) is 12.7. The van der Waals surface area contributed by atoms with Crippen LogP contribution >= 0.6 is 12.4 Å². The lowest BCUT2D eigenvalue weighted by atomic mass is 9.98. The summed E-state index contributed by atoms with van der Waals surface area (Å²) in [5.74, 6) is 0.543. The number of likely N-dealkylation sites (tertiary alicyclic amines) is 1. The lowest BCUT2D eigenvalue weighted by Crippen LogP contribution is -2.26. The number of rotatable bonds is 7. The molecular formula is C24H34ClN3O2S. The fourth-order valence-corrected chi connectivity index (χ4v) is 5.91. The number of sulfonamides is 1. The van der Waals surface area contributed by atoms with E-state index in [4.69, 9.17) is 0 Å². The zero-order chi connectivity index (χ0) is 21.1. The molecule has 0 bridgehead atoms. The standard InChI is InChI=1S/C24H33N3O2S.ClH/c1-3-14-26-16-13-21(18-26)20-9-11-22(12-10-20)25-30(28,29)24-8-4-7-23(17-24)27-15-5-6-19(27)2;/h4,7-12,17,19,21,25H,3,5-6,13-16,18H2,1-2H3;1H. The molecule has 2 aliphatic heterocycles. The van der Waals surface area contributed by atoms with Crippen LogP contribution in [0.3, 0.4) is 0 Å². The molecule has 4 rings (SSSR count). The molecule has 31 heavy (non-hydrogen) atoms. The van der Waals surface area contributed by atoms with Gasteiger partial charge in [-0.1, -0.05) is 25.1 Å². The van der Waals surface area contributed by atoms with E-state index in [1.54, 1.807) is 12.1 Å². The smallest absolute Gasteiger partial charge is 0.261 e. The minimum absolute atomic E-state index is 0. The van der Waals surface area contributed by atoms with E-state index < -0.39 is 10.0 Å². The highest BCUT2D eigenvalue weighted by Gasteiger charge is 2.24. The summed E-state index contributed by atoms with van der Waals surface area (Å²) in [6, 6.07) is 15.7. The molecule has 2 saturated heterocycles. The van der Waals surface area contributed by atoms with Crippen molar-refractivity contribution in [2.45, 2.75) is 56.4 Å². The summed E-state index contributed by atoms with van der Waals surface area (Å²) in [5.41, 5.74) is 2.89. The molecule has 0 radical (unpaired) electrons. The van der Waals surface area contributed by atoms with Crippen LogP contribution in [-0.2, 0) is 10.0 Å². The molecule has 2 aromatic carbocycles. The van der Waals surface area contributed by atoms with Gasteiger partial charge in [-0.25, -0.2) is 8.42 Å². The van der Waals surface area contributed by atoms with Gasteiger partial charge in [0, 0.05) is 30.5 Å². The molecule has 1 N–H and O–H groups in total. The van der Waals surface area contributed by atoms with Crippen molar-refractivity contribution >= 4 is 33.8 Å². The SMILES string of the molecule is CCCN1CCC(c2ccc(NS(=O)(=O)c3cccc(N4CCCC4C)c3)cc2)C1.Cl. The quantitative estimate of drug-likeness (QED) is 0.620. The first kappa shape index (κ1) is 23.9. The van der Waals surface area contributed by atoms with Crippen LogP contribution in [0.5, 0.6) is 0 Å². The second kappa shape index (κ2) is 10.2. The highest BCUT2D eigenvalue weighted by atomic mass is 35.5. The Morgan fingerprint density at radius 1 is 1.06 bits per heavy atom. The molecular weight excluding hydrogens is 430 g/mol. The van der Waals surface area contributed by atoms with Crippen LogP contribution in [0.4, 0.5) is 11.4 Å². The van der Waals surface area contributed by atoms with E-state index in [0.717, 1.165) is 44.7 Å². The van der Waals surface area contributed by atoms with Gasteiger partial charge in [-0.15, -0.1) is 12.4 Å². The fourth-order valence-electron chi connectivity index (χ4n) is 4.81. The second-order valence-electron chi connectivity index (χ2n) is 8.70. The molecule has 2 aliphatic rings. The molecule has 0 saturated carbocycles. The highest BCUT2D eigenvalue weighted by molar-refractivity contribution is 7.92. The van der Waals surface area contributed by atoms with Gasteiger partial charge >= 0.3 is 0 Å². The number of nitrogens with one attached hydrogen (secondary N) is 1. The second-order valence-corrected chi connectivity index (χ2v) is 10.4. The van der Waals surface area contributed by atoms with E-state index in [1.165, 1.54) is 18.4 Å². The lowest BCUT2D eigenvalue weighted by Gasteiger charge is -2.24. The van der Waals surface area contributed by atoms with Crippen molar-refractivity contribution in [2.75, 3.05) is 35.8 Å². The highest BCUT2D eigenvalue weighted by Crippen LogP contribution is 2.30. The van der Waals surface area contributed by atoms with Crippen LogP contribution in [-0.4, -0.2) is 45.5 Å². The van der Waals surface area contributed by atoms with Crippen molar-refractivity contribution < 1.29 is 8.42 Å². The first-order chi connectivity index (χ1) is 14.5. The van der Waals surface area contributed by atoms with E-state index in [1.807, 2.05) is 24.3 Å². The van der Waals surface area contributed by atoms with Crippen molar-refractivity contribution in [1.82, 2.24) is 4.90 Å². The number of anilines is 2. The predicted molar refractivity (Wildman–Crippen MR) is 131 cm³/mol. The molecule has 2 aromatic rings. The maximum Gasteiger partial charge on any atom is 0.261 e. The Morgan fingerprint density at radius 2 is 1.84 bits per heavy atom. The molecule has 2 atom stereocenters. The molecule has 2 heterocycles. The van der Waals surface area contributed by atoms with Crippen molar-refractivity contribution in [2.24, 2.45) is 0 Å². The average Bonchev–Trinajstić information content (AvgIpc) is 3.38. The molecule has 5 nitrogen and oxygen atoms in total. The number of hydrogen-bond acceptors (Lipinski definition) is 4. The summed E-state index contributed by atoms with van der Waals surface area (Å²) >= 11 is 0. The largest absolute Gasteiger partial charge is 0.369 e. The number of halogens is 1. The Balaban J connectivity index is 0.00000272. The minimum atomic E-state index is -3.62. The van der Waals surface area contributed by atoms with Gasteiger partial charge < -0.3 is 9.80 Å². The summed E-state index contributed by atoms with van der Waals surface area (Å²) in [7, 11) is -3.62. The summed E-state index contributed by atoms with van der Waals surface area (Å²) in [6.45, 7) is 8.80. The summed E-state index contributed by atoms with van der Waals surface area (Å²) in [5, 5.41) is 0. The Kier molecular flexibility index (Phi) is 7.89. The van der Waals surface area contributed by atoms with E-state index in [-0.39, 0.29) is 12.4 Å². The molecule has 2 fully saturated rings. The van der Waals surface area contributed by atoms with Crippen LogP contribution in [0.2, 0.25) is 0 Å². The van der Waals surface area contributed by atoms with E-state index in [9.17, 15) is 8.42 Å². The molecule has 2 unspecified atom stereocenters. The monoisotopic (exact) mass is 463 g/mol. The number of hydrogen-bond donors (Lipinski definition) is 1. The molecule has 0 aromatic heterocycles. The Morgan fingerprint density at radius 3 is 2.52 bits per heavy atom. The maximum atomic E-state index is 13.0. The van der Waals surface area contributed by atoms with Gasteiger partial charge in [0.2, 0.25) is 0 Å². The topological polar surface area (TPSA) is 52.7 Å². The Bertz CT molecular complexity index is 965. The third-order valence-electron chi connectivity index (χ3n) is 6.46. The van der Waals surface area contributed by atoms with E-state index in [2.05, 4.69) is 40.5 Å². The average molecular weight is 464 g/mol. The van der Waals surface area contributed by atoms with Crippen molar-refractivity contribution in [1.29, 1.82) is 0 Å². The molecule has 0 aliphatic carbocycles. The van der Waals surface area contributed by atoms with Gasteiger partial charge in [0.05, 0.1) is 4.90 Å².